The number of hydrogen-bond donors (Lipinski definition) is 1. The number of benzene rings is 1. The van der Waals surface area contributed by atoms with Gasteiger partial charge in [-0.05, 0) is 32.0 Å². The second-order valence-corrected chi connectivity index (χ2v) is 7.70. The molecule has 1 aromatic carbocycles. The molecule has 0 saturated carbocycles. The molecule has 0 aliphatic carbocycles. The fraction of sp³-hybridized carbons (Fsp3) is 0.591. The van der Waals surface area contributed by atoms with Gasteiger partial charge in [-0.25, -0.2) is 4.79 Å². The zero-order valence-corrected chi connectivity index (χ0v) is 18.4. The van der Waals surface area contributed by atoms with E-state index in [1.54, 1.807) is 6.33 Å². The van der Waals surface area contributed by atoms with Crippen LogP contribution in [0.4, 0.5) is 4.79 Å². The van der Waals surface area contributed by atoms with Gasteiger partial charge in [0, 0.05) is 44.7 Å². The minimum Gasteiger partial charge on any atom is -0.492 e. The van der Waals surface area contributed by atoms with Gasteiger partial charge in [-0.15, -0.1) is 10.2 Å². The third kappa shape index (κ3) is 5.72. The van der Waals surface area contributed by atoms with Crippen LogP contribution in [0.15, 0.2) is 30.6 Å². The smallest absolute Gasteiger partial charge is 0.317 e. The molecular weight excluding hydrogens is 380 g/mol. The van der Waals surface area contributed by atoms with E-state index in [2.05, 4.69) is 34.3 Å². The predicted molar refractivity (Wildman–Crippen MR) is 117 cm³/mol. The molecule has 0 bridgehead atoms. The number of piperidine rings is 1. The quantitative estimate of drug-likeness (QED) is 0.683. The number of nitrogens with zero attached hydrogens (tertiary/aromatic N) is 5. The molecule has 2 amide bonds. The van der Waals surface area contributed by atoms with Crippen LogP contribution in [0.5, 0.6) is 5.75 Å². The first-order chi connectivity index (χ1) is 14.6. The van der Waals surface area contributed by atoms with E-state index in [-0.39, 0.29) is 6.03 Å². The van der Waals surface area contributed by atoms with E-state index in [9.17, 15) is 4.79 Å². The van der Waals surface area contributed by atoms with Gasteiger partial charge in [-0.1, -0.05) is 32.0 Å². The van der Waals surface area contributed by atoms with Crippen LogP contribution in [0.2, 0.25) is 0 Å². The van der Waals surface area contributed by atoms with Crippen molar-refractivity contribution in [1.29, 1.82) is 0 Å². The monoisotopic (exact) mass is 414 g/mol. The zero-order chi connectivity index (χ0) is 21.3. The summed E-state index contributed by atoms with van der Waals surface area (Å²) in [5.41, 5.74) is 0.999. The third-order valence-corrected chi connectivity index (χ3v) is 5.86. The minimum absolute atomic E-state index is 0.0237. The second kappa shape index (κ2) is 11.0. The van der Waals surface area contributed by atoms with Crippen molar-refractivity contribution in [3.63, 3.8) is 0 Å². The van der Waals surface area contributed by atoms with Crippen LogP contribution < -0.4 is 10.1 Å². The van der Waals surface area contributed by atoms with E-state index < -0.39 is 0 Å². The van der Waals surface area contributed by atoms with E-state index in [1.807, 2.05) is 40.8 Å². The predicted octanol–water partition coefficient (Wildman–Crippen LogP) is 2.62. The summed E-state index contributed by atoms with van der Waals surface area (Å²) in [6.45, 7) is 9.80. The number of nitrogens with one attached hydrogen (secondary N) is 1. The van der Waals surface area contributed by atoms with Crippen molar-refractivity contribution >= 4 is 6.03 Å². The van der Waals surface area contributed by atoms with Crippen LogP contribution in [0.1, 0.15) is 44.0 Å². The number of likely N-dealkylation sites (tertiary alicyclic amines) is 1. The van der Waals surface area contributed by atoms with Gasteiger partial charge in [0.25, 0.3) is 0 Å². The van der Waals surface area contributed by atoms with Gasteiger partial charge in [0.1, 0.15) is 24.5 Å². The molecule has 1 aromatic heterocycles. The lowest BCUT2D eigenvalue weighted by molar-refractivity contribution is 0.179. The largest absolute Gasteiger partial charge is 0.492 e. The van der Waals surface area contributed by atoms with Crippen LogP contribution >= 0.6 is 0 Å². The molecule has 8 nitrogen and oxygen atoms in total. The lowest BCUT2D eigenvalue weighted by atomic mass is 9.96. The van der Waals surface area contributed by atoms with Gasteiger partial charge in [0.15, 0.2) is 0 Å². The average Bonchev–Trinajstić information content (AvgIpc) is 3.21. The first-order valence-electron chi connectivity index (χ1n) is 10.9. The van der Waals surface area contributed by atoms with Crippen LogP contribution in [0, 0.1) is 0 Å². The van der Waals surface area contributed by atoms with Crippen LogP contribution in [0.25, 0.3) is 0 Å². The number of para-hydroxylation sites is 1. The second-order valence-electron chi connectivity index (χ2n) is 7.70. The maximum atomic E-state index is 12.7. The van der Waals surface area contributed by atoms with Crippen LogP contribution in [0.3, 0.4) is 0 Å². The highest BCUT2D eigenvalue weighted by molar-refractivity contribution is 5.74. The maximum absolute atomic E-state index is 12.7. The zero-order valence-electron chi connectivity index (χ0n) is 18.4. The molecule has 1 fully saturated rings. The highest BCUT2D eigenvalue weighted by Gasteiger charge is 2.26. The van der Waals surface area contributed by atoms with Crippen molar-refractivity contribution in [1.82, 2.24) is 29.9 Å². The Morgan fingerprint density at radius 1 is 1.23 bits per heavy atom. The summed E-state index contributed by atoms with van der Waals surface area (Å²) in [5.74, 6) is 2.21. The Labute approximate surface area is 179 Å². The first-order valence-corrected chi connectivity index (χ1v) is 10.9. The maximum Gasteiger partial charge on any atom is 0.317 e. The number of rotatable bonds is 9. The fourth-order valence-electron chi connectivity index (χ4n) is 3.90. The molecular formula is C22H34N6O2. The molecule has 1 N–H and O–H groups in total. The normalized spacial score (nSPS) is 14.9. The van der Waals surface area contributed by atoms with Gasteiger partial charge in [0.05, 0.1) is 0 Å². The Morgan fingerprint density at radius 3 is 2.63 bits per heavy atom. The third-order valence-electron chi connectivity index (χ3n) is 5.86. The van der Waals surface area contributed by atoms with Crippen LogP contribution in [-0.2, 0) is 13.6 Å². The summed E-state index contributed by atoms with van der Waals surface area (Å²) in [4.78, 5) is 16.9. The molecule has 0 spiro atoms. The lowest BCUT2D eigenvalue weighted by Crippen LogP contribution is -2.44. The summed E-state index contributed by atoms with van der Waals surface area (Å²) in [5, 5.41) is 11.2. The van der Waals surface area contributed by atoms with E-state index in [1.165, 1.54) is 0 Å². The molecule has 3 rings (SSSR count). The number of aryl methyl sites for hydroxylation is 1. The Morgan fingerprint density at radius 2 is 1.97 bits per heavy atom. The fourth-order valence-corrected chi connectivity index (χ4v) is 3.90. The Hall–Kier alpha value is -2.61. The molecule has 0 unspecified atom stereocenters. The molecule has 1 aliphatic heterocycles. The molecule has 30 heavy (non-hydrogen) atoms. The first kappa shape index (κ1) is 22.1. The van der Waals surface area contributed by atoms with E-state index in [0.29, 0.717) is 19.1 Å². The van der Waals surface area contributed by atoms with Gasteiger partial charge in [-0.3, -0.25) is 0 Å². The number of aromatic nitrogens is 3. The summed E-state index contributed by atoms with van der Waals surface area (Å²) in [6.07, 6.45) is 3.55. The SMILES string of the molecule is CCN(CC)CCOc1ccccc1CNC(=O)N1CCC(c2nncn2C)CC1. The molecule has 8 heteroatoms. The number of urea groups is 1. The van der Waals surface area contributed by atoms with Gasteiger partial charge < -0.3 is 24.4 Å². The molecule has 2 heterocycles. The Kier molecular flexibility index (Phi) is 8.07. The number of carbonyl (C=O) groups excluding carboxylic acids is 1. The molecule has 164 valence electrons. The van der Waals surface area contributed by atoms with Crippen molar-refractivity contribution in [2.45, 2.75) is 39.2 Å². The van der Waals surface area contributed by atoms with Crippen molar-refractivity contribution in [3.05, 3.63) is 42.0 Å². The Balaban J connectivity index is 1.46. The molecule has 0 radical (unpaired) electrons. The van der Waals surface area contributed by atoms with Gasteiger partial charge >= 0.3 is 6.03 Å². The van der Waals surface area contributed by atoms with Crippen molar-refractivity contribution in [2.24, 2.45) is 7.05 Å². The Bertz CT molecular complexity index is 796. The van der Waals surface area contributed by atoms with Crippen molar-refractivity contribution < 1.29 is 9.53 Å². The number of amides is 2. The van der Waals surface area contributed by atoms with Gasteiger partial charge in [-0.2, -0.15) is 0 Å². The minimum atomic E-state index is -0.0237. The summed E-state index contributed by atoms with van der Waals surface area (Å²) >= 11 is 0. The topological polar surface area (TPSA) is 75.5 Å². The number of likely N-dealkylation sites (N-methyl/N-ethyl adjacent to an activating group) is 1. The molecule has 2 aromatic rings. The summed E-state index contributed by atoms with van der Waals surface area (Å²) in [6, 6.07) is 7.90. The highest BCUT2D eigenvalue weighted by Crippen LogP contribution is 2.26. The van der Waals surface area contributed by atoms with E-state index >= 15 is 0 Å². The average molecular weight is 415 g/mol. The lowest BCUT2D eigenvalue weighted by Gasteiger charge is -2.31. The van der Waals surface area contributed by atoms with E-state index in [0.717, 1.165) is 62.7 Å². The number of hydrogen-bond acceptors (Lipinski definition) is 5. The highest BCUT2D eigenvalue weighted by atomic mass is 16.5. The standard InChI is InChI=1S/C22H34N6O2/c1-4-27(5-2)14-15-30-20-9-7-6-8-19(20)16-23-22(29)28-12-10-18(11-13-28)21-25-24-17-26(21)3/h6-9,17-18H,4-5,10-16H2,1-3H3,(H,23,29). The van der Waals surface area contributed by atoms with Gasteiger partial charge in [0.2, 0.25) is 0 Å². The number of carbonyl (C=O) groups is 1. The van der Waals surface area contributed by atoms with Crippen LogP contribution in [-0.4, -0.2) is 69.9 Å². The number of ether oxygens (including phenoxy) is 1. The summed E-state index contributed by atoms with van der Waals surface area (Å²) in [7, 11) is 1.97. The molecule has 0 atom stereocenters. The summed E-state index contributed by atoms with van der Waals surface area (Å²) < 4.78 is 7.96. The van der Waals surface area contributed by atoms with Crippen molar-refractivity contribution in [2.75, 3.05) is 39.3 Å². The van der Waals surface area contributed by atoms with Crippen molar-refractivity contribution in [3.8, 4) is 5.75 Å². The molecule has 1 aliphatic rings. The molecule has 1 saturated heterocycles. The van der Waals surface area contributed by atoms with E-state index in [4.69, 9.17) is 4.74 Å².